The molecule has 0 aliphatic carbocycles. The molecule has 2 nitrogen and oxygen atoms in total. The predicted octanol–water partition coefficient (Wildman–Crippen LogP) is 5.14. The molecule has 0 spiro atoms. The average molecular weight is 350 g/mol. The summed E-state index contributed by atoms with van der Waals surface area (Å²) in [6.45, 7) is 6.20. The predicted molar refractivity (Wildman–Crippen MR) is 87.2 cm³/mol. The van der Waals surface area contributed by atoms with Crippen LogP contribution in [0.4, 0.5) is 10.1 Å². The van der Waals surface area contributed by atoms with Crippen LogP contribution in [0.25, 0.3) is 0 Å². The first-order valence-electron chi connectivity index (χ1n) is 6.65. The minimum atomic E-state index is -0.553. The summed E-state index contributed by atoms with van der Waals surface area (Å²) in [6, 6.07) is 12.2. The van der Waals surface area contributed by atoms with Gasteiger partial charge in [-0.3, -0.25) is 4.79 Å². The Bertz CT molecular complexity index is 677. The van der Waals surface area contributed by atoms with E-state index in [2.05, 4.69) is 42.0 Å². The lowest BCUT2D eigenvalue weighted by Gasteiger charge is -2.23. The van der Waals surface area contributed by atoms with E-state index in [1.807, 2.05) is 24.3 Å². The number of halogens is 2. The normalized spacial score (nSPS) is 11.3. The highest BCUT2D eigenvalue weighted by Gasteiger charge is 2.20. The largest absolute Gasteiger partial charge is 0.322 e. The van der Waals surface area contributed by atoms with Crippen LogP contribution in [0.5, 0.6) is 0 Å². The minimum Gasteiger partial charge on any atom is -0.322 e. The van der Waals surface area contributed by atoms with Crippen LogP contribution in [-0.4, -0.2) is 5.91 Å². The number of carbonyl (C=O) groups is 1. The number of rotatable bonds is 2. The van der Waals surface area contributed by atoms with E-state index in [4.69, 9.17) is 0 Å². The Morgan fingerprint density at radius 1 is 1.10 bits per heavy atom. The monoisotopic (exact) mass is 349 g/mol. The Morgan fingerprint density at radius 3 is 2.43 bits per heavy atom. The number of nitrogens with one attached hydrogen (secondary N) is 1. The molecule has 0 unspecified atom stereocenters. The molecule has 0 bridgehead atoms. The smallest absolute Gasteiger partial charge is 0.258 e. The Balaban J connectivity index is 2.35. The zero-order chi connectivity index (χ0) is 15.6. The van der Waals surface area contributed by atoms with Gasteiger partial charge in [-0.25, -0.2) is 4.39 Å². The van der Waals surface area contributed by atoms with Crippen molar-refractivity contribution in [2.75, 3.05) is 5.32 Å². The second-order valence-corrected chi connectivity index (χ2v) is 6.71. The van der Waals surface area contributed by atoms with Gasteiger partial charge in [0.1, 0.15) is 5.82 Å². The van der Waals surface area contributed by atoms with Crippen LogP contribution in [0, 0.1) is 5.82 Å². The van der Waals surface area contributed by atoms with E-state index in [1.54, 1.807) is 12.1 Å². The third kappa shape index (κ3) is 3.50. The van der Waals surface area contributed by atoms with E-state index >= 15 is 0 Å². The van der Waals surface area contributed by atoms with Crippen molar-refractivity contribution in [1.29, 1.82) is 0 Å². The molecule has 110 valence electrons. The summed E-state index contributed by atoms with van der Waals surface area (Å²) < 4.78 is 14.3. The highest BCUT2D eigenvalue weighted by molar-refractivity contribution is 9.10. The van der Waals surface area contributed by atoms with E-state index in [1.165, 1.54) is 6.07 Å². The van der Waals surface area contributed by atoms with E-state index in [9.17, 15) is 9.18 Å². The van der Waals surface area contributed by atoms with Crippen molar-refractivity contribution in [2.24, 2.45) is 0 Å². The molecule has 0 aliphatic rings. The van der Waals surface area contributed by atoms with Crippen molar-refractivity contribution in [1.82, 2.24) is 0 Å². The van der Waals surface area contributed by atoms with Crippen molar-refractivity contribution < 1.29 is 9.18 Å². The minimum absolute atomic E-state index is 0.0214. The molecule has 4 heteroatoms. The maximum atomic E-state index is 14.0. The van der Waals surface area contributed by atoms with Gasteiger partial charge in [0, 0.05) is 5.69 Å². The number of para-hydroxylation sites is 1. The molecule has 2 aromatic carbocycles. The number of carbonyl (C=O) groups excluding carboxylic acids is 1. The third-order valence-electron chi connectivity index (χ3n) is 3.18. The number of benzene rings is 2. The van der Waals surface area contributed by atoms with Crippen LogP contribution in [-0.2, 0) is 5.41 Å². The molecule has 0 atom stereocenters. The molecule has 2 aromatic rings. The van der Waals surface area contributed by atoms with Crippen molar-refractivity contribution in [3.05, 3.63) is 63.9 Å². The standard InChI is InChI=1S/C17H17BrFNO/c1-17(2,3)12-8-4-5-10-14(12)20-16(21)11-7-6-9-13(18)15(11)19/h4-10H,1-3H3,(H,20,21). The van der Waals surface area contributed by atoms with Crippen LogP contribution in [0.15, 0.2) is 46.9 Å². The molecule has 2 rings (SSSR count). The first-order valence-corrected chi connectivity index (χ1v) is 7.45. The van der Waals surface area contributed by atoms with Crippen LogP contribution in [0.1, 0.15) is 36.7 Å². The van der Waals surface area contributed by atoms with E-state index in [0.29, 0.717) is 5.69 Å². The molecule has 1 N–H and O–H groups in total. The van der Waals surface area contributed by atoms with Gasteiger partial charge in [-0.15, -0.1) is 0 Å². The van der Waals surface area contributed by atoms with Crippen molar-refractivity contribution in [2.45, 2.75) is 26.2 Å². The maximum Gasteiger partial charge on any atom is 0.258 e. The lowest BCUT2D eigenvalue weighted by molar-refractivity contribution is 0.102. The first-order chi connectivity index (χ1) is 9.80. The van der Waals surface area contributed by atoms with Gasteiger partial charge in [0.05, 0.1) is 10.0 Å². The second-order valence-electron chi connectivity index (χ2n) is 5.85. The topological polar surface area (TPSA) is 29.1 Å². The summed E-state index contributed by atoms with van der Waals surface area (Å²) in [4.78, 5) is 12.3. The summed E-state index contributed by atoms with van der Waals surface area (Å²) in [5.74, 6) is -1.01. The maximum absolute atomic E-state index is 14.0. The molecular formula is C17H17BrFNO. The zero-order valence-electron chi connectivity index (χ0n) is 12.2. The third-order valence-corrected chi connectivity index (χ3v) is 3.79. The molecule has 1 amide bonds. The SMILES string of the molecule is CC(C)(C)c1ccccc1NC(=O)c1cccc(Br)c1F. The molecule has 0 saturated carbocycles. The van der Waals surface area contributed by atoms with Crippen LogP contribution < -0.4 is 5.32 Å². The van der Waals surface area contributed by atoms with Crippen LogP contribution >= 0.6 is 15.9 Å². The van der Waals surface area contributed by atoms with Crippen LogP contribution in [0.3, 0.4) is 0 Å². The van der Waals surface area contributed by atoms with Crippen molar-refractivity contribution in [3.8, 4) is 0 Å². The second kappa shape index (κ2) is 5.98. The Hall–Kier alpha value is -1.68. The Morgan fingerprint density at radius 2 is 1.76 bits per heavy atom. The average Bonchev–Trinajstić information content (AvgIpc) is 2.41. The molecule has 0 radical (unpaired) electrons. The Labute approximate surface area is 132 Å². The summed E-state index contributed by atoms with van der Waals surface area (Å²) in [6.07, 6.45) is 0. The number of anilines is 1. The summed E-state index contributed by atoms with van der Waals surface area (Å²) in [5.41, 5.74) is 1.62. The summed E-state index contributed by atoms with van der Waals surface area (Å²) in [5, 5.41) is 2.80. The van der Waals surface area contributed by atoms with Gasteiger partial charge in [-0.1, -0.05) is 45.0 Å². The van der Waals surface area contributed by atoms with Gasteiger partial charge in [0.25, 0.3) is 5.91 Å². The van der Waals surface area contributed by atoms with Crippen molar-refractivity contribution in [3.63, 3.8) is 0 Å². The molecule has 0 aliphatic heterocycles. The van der Waals surface area contributed by atoms with E-state index in [-0.39, 0.29) is 15.5 Å². The summed E-state index contributed by atoms with van der Waals surface area (Å²) in [7, 11) is 0. The van der Waals surface area contributed by atoms with Crippen molar-refractivity contribution >= 4 is 27.5 Å². The highest BCUT2D eigenvalue weighted by atomic mass is 79.9. The zero-order valence-corrected chi connectivity index (χ0v) is 13.8. The van der Waals surface area contributed by atoms with Gasteiger partial charge >= 0.3 is 0 Å². The number of amides is 1. The molecule has 0 aromatic heterocycles. The Kier molecular flexibility index (Phi) is 4.47. The molecular weight excluding hydrogens is 333 g/mol. The highest BCUT2D eigenvalue weighted by Crippen LogP contribution is 2.30. The van der Waals surface area contributed by atoms with Gasteiger partial charge in [0.15, 0.2) is 0 Å². The molecule has 0 saturated heterocycles. The van der Waals surface area contributed by atoms with Gasteiger partial charge in [-0.2, -0.15) is 0 Å². The fourth-order valence-electron chi connectivity index (χ4n) is 2.11. The van der Waals surface area contributed by atoms with Crippen LogP contribution in [0.2, 0.25) is 0 Å². The number of hydrogen-bond donors (Lipinski definition) is 1. The molecule has 0 fully saturated rings. The molecule has 0 heterocycles. The summed E-state index contributed by atoms with van der Waals surface area (Å²) >= 11 is 3.09. The van der Waals surface area contributed by atoms with E-state index < -0.39 is 11.7 Å². The van der Waals surface area contributed by atoms with Gasteiger partial charge in [0.2, 0.25) is 0 Å². The molecule has 21 heavy (non-hydrogen) atoms. The first kappa shape index (κ1) is 15.7. The fourth-order valence-corrected chi connectivity index (χ4v) is 2.48. The quantitative estimate of drug-likeness (QED) is 0.799. The lowest BCUT2D eigenvalue weighted by Crippen LogP contribution is -2.19. The lowest BCUT2D eigenvalue weighted by atomic mass is 9.86. The fraction of sp³-hybridized carbons (Fsp3) is 0.235. The van der Waals surface area contributed by atoms with Gasteiger partial charge < -0.3 is 5.32 Å². The van der Waals surface area contributed by atoms with E-state index in [0.717, 1.165) is 5.56 Å². The number of hydrogen-bond acceptors (Lipinski definition) is 1. The van der Waals surface area contributed by atoms with Gasteiger partial charge in [-0.05, 0) is 45.1 Å².